The van der Waals surface area contributed by atoms with Crippen LogP contribution in [0.25, 0.3) is 0 Å². The van der Waals surface area contributed by atoms with Gasteiger partial charge in [0.15, 0.2) is 0 Å². The fourth-order valence-corrected chi connectivity index (χ4v) is 3.28. The van der Waals surface area contributed by atoms with Gasteiger partial charge in [-0.1, -0.05) is 48.5 Å². The van der Waals surface area contributed by atoms with Gasteiger partial charge in [0.2, 0.25) is 5.91 Å². The van der Waals surface area contributed by atoms with E-state index in [1.54, 1.807) is 6.92 Å². The van der Waals surface area contributed by atoms with Crippen LogP contribution in [0.3, 0.4) is 0 Å². The normalized spacial score (nSPS) is 17.4. The lowest BCUT2D eigenvalue weighted by atomic mass is 9.92. The number of aryl methyl sites for hydroxylation is 2. The lowest BCUT2D eigenvalue weighted by Crippen LogP contribution is -2.42. The van der Waals surface area contributed by atoms with Gasteiger partial charge in [0, 0.05) is 18.7 Å². The maximum absolute atomic E-state index is 12.1. The largest absolute Gasteiger partial charge is 0.309 e. The summed E-state index contributed by atoms with van der Waals surface area (Å²) in [6.45, 7) is 1.68. The molecule has 2 nitrogen and oxygen atoms in total. The number of fused-ring (bicyclic) bond motifs is 1. The number of para-hydroxylation sites is 1. The van der Waals surface area contributed by atoms with Gasteiger partial charge in [-0.05, 0) is 42.9 Å². The van der Waals surface area contributed by atoms with Crippen LogP contribution in [-0.4, -0.2) is 11.9 Å². The van der Waals surface area contributed by atoms with Crippen molar-refractivity contribution in [2.24, 2.45) is 0 Å². The molecule has 0 aromatic heterocycles. The Labute approximate surface area is 126 Å². The first kappa shape index (κ1) is 13.9. The van der Waals surface area contributed by atoms with Crippen LogP contribution in [0.15, 0.2) is 54.6 Å². The first-order chi connectivity index (χ1) is 10.3. The van der Waals surface area contributed by atoms with E-state index in [1.165, 1.54) is 11.1 Å². The van der Waals surface area contributed by atoms with Crippen molar-refractivity contribution in [3.63, 3.8) is 0 Å². The third kappa shape index (κ3) is 2.99. The molecule has 1 unspecified atom stereocenters. The Morgan fingerprint density at radius 1 is 1.10 bits per heavy atom. The third-order valence-electron chi connectivity index (χ3n) is 4.31. The average molecular weight is 279 g/mol. The van der Waals surface area contributed by atoms with E-state index >= 15 is 0 Å². The summed E-state index contributed by atoms with van der Waals surface area (Å²) < 4.78 is 0. The lowest BCUT2D eigenvalue weighted by molar-refractivity contribution is -0.117. The quantitative estimate of drug-likeness (QED) is 0.832. The number of amides is 1. The fraction of sp³-hybridized carbons (Fsp3) is 0.316. The smallest absolute Gasteiger partial charge is 0.224 e. The van der Waals surface area contributed by atoms with Gasteiger partial charge in [0.05, 0.1) is 0 Å². The van der Waals surface area contributed by atoms with Crippen molar-refractivity contribution in [1.29, 1.82) is 0 Å². The van der Waals surface area contributed by atoms with Crippen LogP contribution in [0.4, 0.5) is 5.69 Å². The van der Waals surface area contributed by atoms with E-state index in [1.807, 2.05) is 17.0 Å². The number of nitrogens with zero attached hydrogens (tertiary/aromatic N) is 1. The highest BCUT2D eigenvalue weighted by molar-refractivity contribution is 5.93. The summed E-state index contributed by atoms with van der Waals surface area (Å²) in [6.07, 6.45) is 4.18. The van der Waals surface area contributed by atoms with E-state index in [2.05, 4.69) is 42.5 Å². The molecule has 3 rings (SSSR count). The van der Waals surface area contributed by atoms with Gasteiger partial charge >= 0.3 is 0 Å². The molecule has 0 bridgehead atoms. The minimum Gasteiger partial charge on any atom is -0.309 e. The molecule has 0 saturated heterocycles. The Kier molecular flexibility index (Phi) is 4.05. The summed E-state index contributed by atoms with van der Waals surface area (Å²) in [6, 6.07) is 19.1. The lowest BCUT2D eigenvalue weighted by Gasteiger charge is -2.36. The Hall–Kier alpha value is -2.09. The SMILES string of the molecule is CC(=O)N1c2ccccc2CCC1CCc1ccccc1. The Balaban J connectivity index is 1.78. The van der Waals surface area contributed by atoms with Crippen LogP contribution >= 0.6 is 0 Å². The molecule has 1 heterocycles. The summed E-state index contributed by atoms with van der Waals surface area (Å²) in [4.78, 5) is 14.1. The Bertz CT molecular complexity index is 620. The van der Waals surface area contributed by atoms with Crippen molar-refractivity contribution in [3.05, 3.63) is 65.7 Å². The topological polar surface area (TPSA) is 20.3 Å². The molecule has 21 heavy (non-hydrogen) atoms. The number of hydrogen-bond donors (Lipinski definition) is 0. The predicted octanol–water partition coefficient (Wildman–Crippen LogP) is 3.99. The minimum atomic E-state index is 0.153. The van der Waals surface area contributed by atoms with Gasteiger partial charge in [-0.2, -0.15) is 0 Å². The second kappa shape index (κ2) is 6.13. The molecule has 108 valence electrons. The van der Waals surface area contributed by atoms with Crippen LogP contribution in [0.5, 0.6) is 0 Å². The molecule has 2 aromatic rings. The van der Waals surface area contributed by atoms with Gasteiger partial charge in [-0.15, -0.1) is 0 Å². The zero-order valence-corrected chi connectivity index (χ0v) is 12.5. The van der Waals surface area contributed by atoms with Crippen LogP contribution in [0.2, 0.25) is 0 Å². The molecule has 2 aromatic carbocycles. The molecular formula is C19H21NO. The zero-order valence-electron chi connectivity index (χ0n) is 12.5. The molecule has 0 spiro atoms. The molecule has 0 fully saturated rings. The summed E-state index contributed by atoms with van der Waals surface area (Å²) >= 11 is 0. The summed E-state index contributed by atoms with van der Waals surface area (Å²) in [7, 11) is 0. The number of benzene rings is 2. The standard InChI is InChI=1S/C19H21NO/c1-15(21)20-18(13-11-16-7-3-2-4-8-16)14-12-17-9-5-6-10-19(17)20/h2-10,18H,11-14H2,1H3. The van der Waals surface area contributed by atoms with E-state index in [4.69, 9.17) is 0 Å². The third-order valence-corrected chi connectivity index (χ3v) is 4.31. The first-order valence-corrected chi connectivity index (χ1v) is 7.67. The number of anilines is 1. The van der Waals surface area contributed by atoms with Gasteiger partial charge in [-0.25, -0.2) is 0 Å². The second-order valence-electron chi connectivity index (χ2n) is 5.73. The van der Waals surface area contributed by atoms with Crippen molar-refractivity contribution in [2.45, 2.75) is 38.6 Å². The molecule has 0 radical (unpaired) electrons. The van der Waals surface area contributed by atoms with Gasteiger partial charge < -0.3 is 4.90 Å². The number of hydrogen-bond acceptors (Lipinski definition) is 1. The molecule has 0 saturated carbocycles. The number of rotatable bonds is 3. The van der Waals surface area contributed by atoms with Crippen LogP contribution in [0, 0.1) is 0 Å². The summed E-state index contributed by atoms with van der Waals surface area (Å²) in [5.41, 5.74) is 3.75. The zero-order chi connectivity index (χ0) is 14.7. The molecule has 0 N–H and O–H groups in total. The molecule has 1 aliphatic rings. The number of carbonyl (C=O) groups is 1. The molecule has 1 aliphatic heterocycles. The Morgan fingerprint density at radius 2 is 1.81 bits per heavy atom. The highest BCUT2D eigenvalue weighted by atomic mass is 16.2. The number of carbonyl (C=O) groups excluding carboxylic acids is 1. The highest BCUT2D eigenvalue weighted by Crippen LogP contribution is 2.32. The summed E-state index contributed by atoms with van der Waals surface area (Å²) in [5.74, 6) is 0.153. The van der Waals surface area contributed by atoms with E-state index in [9.17, 15) is 4.79 Å². The van der Waals surface area contributed by atoms with Crippen molar-refractivity contribution < 1.29 is 4.79 Å². The van der Waals surface area contributed by atoms with Gasteiger partial charge in [-0.3, -0.25) is 4.79 Å². The van der Waals surface area contributed by atoms with Crippen LogP contribution < -0.4 is 4.90 Å². The van der Waals surface area contributed by atoms with Crippen molar-refractivity contribution in [2.75, 3.05) is 4.90 Å². The van der Waals surface area contributed by atoms with Crippen LogP contribution in [-0.2, 0) is 17.6 Å². The average Bonchev–Trinajstić information content (AvgIpc) is 2.53. The van der Waals surface area contributed by atoms with Gasteiger partial charge in [0.1, 0.15) is 0 Å². The maximum Gasteiger partial charge on any atom is 0.224 e. The Morgan fingerprint density at radius 3 is 2.57 bits per heavy atom. The first-order valence-electron chi connectivity index (χ1n) is 7.67. The van der Waals surface area contributed by atoms with Crippen molar-refractivity contribution in [3.8, 4) is 0 Å². The molecular weight excluding hydrogens is 258 g/mol. The monoisotopic (exact) mass is 279 g/mol. The minimum absolute atomic E-state index is 0.153. The fourth-order valence-electron chi connectivity index (χ4n) is 3.28. The van der Waals surface area contributed by atoms with Crippen LogP contribution in [0.1, 0.15) is 30.9 Å². The predicted molar refractivity (Wildman–Crippen MR) is 86.5 cm³/mol. The molecule has 1 atom stereocenters. The van der Waals surface area contributed by atoms with E-state index in [-0.39, 0.29) is 5.91 Å². The van der Waals surface area contributed by atoms with Crippen molar-refractivity contribution >= 4 is 11.6 Å². The van der Waals surface area contributed by atoms with Crippen molar-refractivity contribution in [1.82, 2.24) is 0 Å². The maximum atomic E-state index is 12.1. The molecule has 2 heteroatoms. The van der Waals surface area contributed by atoms with E-state index in [0.29, 0.717) is 6.04 Å². The van der Waals surface area contributed by atoms with E-state index in [0.717, 1.165) is 31.4 Å². The molecule has 1 amide bonds. The van der Waals surface area contributed by atoms with Gasteiger partial charge in [0.25, 0.3) is 0 Å². The highest BCUT2D eigenvalue weighted by Gasteiger charge is 2.28. The summed E-state index contributed by atoms with van der Waals surface area (Å²) in [5, 5.41) is 0. The van der Waals surface area contributed by atoms with E-state index < -0.39 is 0 Å². The molecule has 0 aliphatic carbocycles. The second-order valence-corrected chi connectivity index (χ2v) is 5.73.